The van der Waals surface area contributed by atoms with E-state index in [1.54, 1.807) is 10.6 Å². The van der Waals surface area contributed by atoms with E-state index < -0.39 is 0 Å². The van der Waals surface area contributed by atoms with E-state index in [1.165, 1.54) is 12.1 Å². The summed E-state index contributed by atoms with van der Waals surface area (Å²) in [6.45, 7) is 7.96. The molecule has 2 atom stereocenters. The zero-order valence-electron chi connectivity index (χ0n) is 17.0. The molecule has 1 aliphatic heterocycles. The fourth-order valence-electron chi connectivity index (χ4n) is 3.55. The van der Waals surface area contributed by atoms with Gasteiger partial charge in [-0.05, 0) is 49.9 Å². The van der Waals surface area contributed by atoms with E-state index >= 15 is 0 Å². The van der Waals surface area contributed by atoms with Crippen LogP contribution < -0.4 is 15.4 Å². The first kappa shape index (κ1) is 19.6. The summed E-state index contributed by atoms with van der Waals surface area (Å²) >= 11 is 0. The number of halogens is 1. The Morgan fingerprint density at radius 3 is 2.86 bits per heavy atom. The number of hydrogen-bond donors (Lipinski definition) is 2. The standard InChI is InChI=1S/C21H27FN6O/c1-13(2)18-12-24-28-19(18)26-21(29-17-8-5-9-23-11-17)27-20(28)25-14(3)15-6-4-7-16(22)10-15/h4,6-7,10,12-14,17,23H,5,8-9,11H2,1-3H3,(H,25,26,27)/t14-,17?/m0/s1. The first-order valence-corrected chi connectivity index (χ1v) is 10.2. The highest BCUT2D eigenvalue weighted by Gasteiger charge is 2.21. The van der Waals surface area contributed by atoms with Gasteiger partial charge in [-0.25, -0.2) is 4.39 Å². The molecule has 29 heavy (non-hydrogen) atoms. The van der Waals surface area contributed by atoms with Crippen molar-refractivity contribution in [3.63, 3.8) is 0 Å². The summed E-state index contributed by atoms with van der Waals surface area (Å²) in [6.07, 6.45) is 3.91. The Balaban J connectivity index is 1.68. The Hall–Kier alpha value is -2.74. The van der Waals surface area contributed by atoms with Crippen LogP contribution in [0.5, 0.6) is 6.01 Å². The Morgan fingerprint density at radius 2 is 2.14 bits per heavy atom. The minimum atomic E-state index is -0.265. The van der Waals surface area contributed by atoms with Crippen molar-refractivity contribution in [2.24, 2.45) is 0 Å². The highest BCUT2D eigenvalue weighted by molar-refractivity contribution is 5.53. The molecule has 3 heterocycles. The quantitative estimate of drug-likeness (QED) is 0.660. The van der Waals surface area contributed by atoms with E-state index in [1.807, 2.05) is 19.2 Å². The maximum Gasteiger partial charge on any atom is 0.322 e. The van der Waals surface area contributed by atoms with Gasteiger partial charge in [-0.2, -0.15) is 19.6 Å². The number of rotatable bonds is 6. The van der Waals surface area contributed by atoms with Crippen molar-refractivity contribution in [1.82, 2.24) is 24.9 Å². The second-order valence-electron chi connectivity index (χ2n) is 7.83. The summed E-state index contributed by atoms with van der Waals surface area (Å²) in [6, 6.07) is 6.71. The lowest BCUT2D eigenvalue weighted by Crippen LogP contribution is -2.37. The monoisotopic (exact) mass is 398 g/mol. The number of nitrogens with zero attached hydrogens (tertiary/aromatic N) is 4. The molecule has 1 fully saturated rings. The maximum atomic E-state index is 13.6. The molecule has 4 rings (SSSR count). The topological polar surface area (TPSA) is 76.4 Å². The van der Waals surface area contributed by atoms with Gasteiger partial charge in [0, 0.05) is 12.1 Å². The molecule has 0 aliphatic carbocycles. The van der Waals surface area contributed by atoms with Gasteiger partial charge in [0.25, 0.3) is 0 Å². The Morgan fingerprint density at radius 1 is 1.28 bits per heavy atom. The fraction of sp³-hybridized carbons (Fsp3) is 0.476. The summed E-state index contributed by atoms with van der Waals surface area (Å²) in [7, 11) is 0. The average molecular weight is 398 g/mol. The van der Waals surface area contributed by atoms with E-state index in [4.69, 9.17) is 4.74 Å². The molecule has 2 N–H and O–H groups in total. The van der Waals surface area contributed by atoms with Crippen LogP contribution in [0.1, 0.15) is 56.7 Å². The van der Waals surface area contributed by atoms with Gasteiger partial charge >= 0.3 is 6.01 Å². The van der Waals surface area contributed by atoms with Gasteiger partial charge in [0.2, 0.25) is 5.95 Å². The molecule has 1 saturated heterocycles. The molecule has 3 aromatic rings. The van der Waals surface area contributed by atoms with Crippen molar-refractivity contribution in [1.29, 1.82) is 0 Å². The summed E-state index contributed by atoms with van der Waals surface area (Å²) in [4.78, 5) is 9.23. The van der Waals surface area contributed by atoms with Gasteiger partial charge in [0.1, 0.15) is 11.9 Å². The summed E-state index contributed by atoms with van der Waals surface area (Å²) < 4.78 is 21.4. The maximum absolute atomic E-state index is 13.6. The summed E-state index contributed by atoms with van der Waals surface area (Å²) in [5.74, 6) is 0.525. The zero-order valence-corrected chi connectivity index (χ0v) is 17.0. The molecule has 8 heteroatoms. The van der Waals surface area contributed by atoms with Crippen LogP contribution in [-0.2, 0) is 0 Å². The number of piperidine rings is 1. The lowest BCUT2D eigenvalue weighted by molar-refractivity contribution is 0.153. The van der Waals surface area contributed by atoms with Crippen LogP contribution in [0.25, 0.3) is 5.65 Å². The second-order valence-corrected chi connectivity index (χ2v) is 7.83. The third-order valence-corrected chi connectivity index (χ3v) is 5.21. The van der Waals surface area contributed by atoms with Crippen LogP contribution in [0.15, 0.2) is 30.5 Å². The molecular formula is C21H27FN6O. The second kappa shape index (κ2) is 8.32. The summed E-state index contributed by atoms with van der Waals surface area (Å²) in [5.41, 5.74) is 2.58. The van der Waals surface area contributed by atoms with Crippen molar-refractivity contribution in [2.75, 3.05) is 18.4 Å². The van der Waals surface area contributed by atoms with Crippen molar-refractivity contribution >= 4 is 11.6 Å². The Bertz CT molecular complexity index is 982. The van der Waals surface area contributed by atoms with Crippen LogP contribution in [0.3, 0.4) is 0 Å². The van der Waals surface area contributed by atoms with E-state index in [2.05, 4.69) is 39.5 Å². The molecule has 0 bridgehead atoms. The van der Waals surface area contributed by atoms with Gasteiger partial charge < -0.3 is 15.4 Å². The van der Waals surface area contributed by atoms with Gasteiger partial charge in [0.15, 0.2) is 5.65 Å². The molecule has 2 aromatic heterocycles. The largest absolute Gasteiger partial charge is 0.459 e. The van der Waals surface area contributed by atoms with Crippen molar-refractivity contribution in [2.45, 2.75) is 51.7 Å². The molecule has 0 amide bonds. The van der Waals surface area contributed by atoms with Crippen LogP contribution in [-0.4, -0.2) is 38.8 Å². The predicted octanol–water partition coefficient (Wildman–Crippen LogP) is 3.69. The lowest BCUT2D eigenvalue weighted by atomic mass is 10.1. The van der Waals surface area contributed by atoms with E-state index in [0.29, 0.717) is 12.0 Å². The van der Waals surface area contributed by atoms with Gasteiger partial charge in [-0.3, -0.25) is 0 Å². The molecule has 0 spiro atoms. The van der Waals surface area contributed by atoms with Crippen molar-refractivity contribution in [3.8, 4) is 6.01 Å². The lowest BCUT2D eigenvalue weighted by Gasteiger charge is -2.23. The fourth-order valence-corrected chi connectivity index (χ4v) is 3.55. The normalized spacial score (nSPS) is 18.2. The first-order valence-electron chi connectivity index (χ1n) is 10.2. The van der Waals surface area contributed by atoms with Gasteiger partial charge in [-0.15, -0.1) is 0 Å². The number of nitrogens with one attached hydrogen (secondary N) is 2. The Labute approximate surface area is 169 Å². The smallest absolute Gasteiger partial charge is 0.322 e. The number of aromatic nitrogens is 4. The molecule has 0 radical (unpaired) electrons. The van der Waals surface area contributed by atoms with E-state index in [-0.39, 0.29) is 23.9 Å². The van der Waals surface area contributed by atoms with Crippen LogP contribution in [0.2, 0.25) is 0 Å². The molecule has 154 valence electrons. The molecular weight excluding hydrogens is 371 g/mol. The minimum absolute atomic E-state index is 0.0464. The SMILES string of the molecule is CC(C)c1cnn2c(N[C@@H](C)c3cccc(F)c3)nc(OC3CCCNC3)nc12. The van der Waals surface area contributed by atoms with Crippen LogP contribution in [0.4, 0.5) is 10.3 Å². The number of fused-ring (bicyclic) bond motifs is 1. The van der Waals surface area contributed by atoms with Crippen LogP contribution >= 0.6 is 0 Å². The van der Waals surface area contributed by atoms with Crippen molar-refractivity contribution < 1.29 is 9.13 Å². The molecule has 1 aromatic carbocycles. The zero-order chi connectivity index (χ0) is 20.4. The number of hydrogen-bond acceptors (Lipinski definition) is 6. The van der Waals surface area contributed by atoms with E-state index in [0.717, 1.165) is 42.7 Å². The minimum Gasteiger partial charge on any atom is -0.459 e. The van der Waals surface area contributed by atoms with E-state index in [9.17, 15) is 4.39 Å². The first-order chi connectivity index (χ1) is 14.0. The highest BCUT2D eigenvalue weighted by atomic mass is 19.1. The molecule has 1 unspecified atom stereocenters. The third kappa shape index (κ3) is 4.32. The molecule has 1 aliphatic rings. The van der Waals surface area contributed by atoms with Gasteiger partial charge in [-0.1, -0.05) is 26.0 Å². The predicted molar refractivity (Wildman–Crippen MR) is 110 cm³/mol. The van der Waals surface area contributed by atoms with Crippen LogP contribution in [0, 0.1) is 5.82 Å². The Kier molecular flexibility index (Phi) is 5.62. The number of benzene rings is 1. The number of anilines is 1. The summed E-state index contributed by atoms with van der Waals surface area (Å²) in [5, 5.41) is 11.2. The molecule has 0 saturated carbocycles. The number of ether oxygens (including phenoxy) is 1. The highest BCUT2D eigenvalue weighted by Crippen LogP contribution is 2.26. The molecule has 7 nitrogen and oxygen atoms in total. The third-order valence-electron chi connectivity index (χ3n) is 5.21. The average Bonchev–Trinajstić information content (AvgIpc) is 3.13. The van der Waals surface area contributed by atoms with Crippen molar-refractivity contribution in [3.05, 3.63) is 47.4 Å². The van der Waals surface area contributed by atoms with Gasteiger partial charge in [0.05, 0.1) is 12.2 Å².